The number of methoxy groups -OCH3 is 4. The maximum atomic E-state index is 14.0. The van der Waals surface area contributed by atoms with E-state index in [9.17, 15) is 19.5 Å². The van der Waals surface area contributed by atoms with Crippen LogP contribution in [-0.2, 0) is 9.53 Å². The minimum atomic E-state index is -1.25. The summed E-state index contributed by atoms with van der Waals surface area (Å²) in [7, 11) is 5.74. The van der Waals surface area contributed by atoms with Gasteiger partial charge in [-0.1, -0.05) is 17.4 Å². The number of carboxylic acid groups (broad SMARTS) is 1. The van der Waals surface area contributed by atoms with Crippen LogP contribution in [0.4, 0.5) is 0 Å². The summed E-state index contributed by atoms with van der Waals surface area (Å²) in [6.07, 6.45) is 1.46. The minimum absolute atomic E-state index is 0.0258. The molecule has 11 nitrogen and oxygen atoms in total. The number of benzene rings is 2. The number of rotatable bonds is 9. The van der Waals surface area contributed by atoms with Crippen molar-refractivity contribution in [2.75, 3.05) is 35.0 Å². The van der Waals surface area contributed by atoms with Gasteiger partial charge in [0, 0.05) is 11.6 Å². The average molecular weight is 569 g/mol. The first-order chi connectivity index (χ1) is 19.2. The van der Waals surface area contributed by atoms with Crippen LogP contribution in [0.1, 0.15) is 41.4 Å². The van der Waals surface area contributed by atoms with E-state index in [2.05, 4.69) is 4.99 Å². The van der Waals surface area contributed by atoms with Crippen molar-refractivity contribution in [2.45, 2.75) is 19.9 Å². The Morgan fingerprint density at radius 2 is 1.77 bits per heavy atom. The minimum Gasteiger partial charge on any atom is -0.497 e. The maximum Gasteiger partial charge on any atom is 0.340 e. The second kappa shape index (κ2) is 11.7. The summed E-state index contributed by atoms with van der Waals surface area (Å²) in [5.74, 6) is -0.688. The molecule has 1 aliphatic rings. The van der Waals surface area contributed by atoms with Gasteiger partial charge in [0.25, 0.3) is 5.56 Å². The Balaban J connectivity index is 2.03. The molecule has 0 fully saturated rings. The molecule has 40 heavy (non-hydrogen) atoms. The van der Waals surface area contributed by atoms with E-state index in [1.54, 1.807) is 38.1 Å². The largest absolute Gasteiger partial charge is 0.497 e. The van der Waals surface area contributed by atoms with Crippen LogP contribution >= 0.6 is 11.3 Å². The summed E-state index contributed by atoms with van der Waals surface area (Å²) in [5, 5.41) is 9.94. The number of aromatic carboxylic acids is 1. The number of carbonyl (C=O) groups excluding carboxylic acids is 1. The van der Waals surface area contributed by atoms with Gasteiger partial charge in [-0.15, -0.1) is 0 Å². The van der Waals surface area contributed by atoms with E-state index in [1.807, 2.05) is 0 Å². The number of aromatic nitrogens is 1. The summed E-state index contributed by atoms with van der Waals surface area (Å²) < 4.78 is 28.4. The Bertz CT molecular complexity index is 1700. The van der Waals surface area contributed by atoms with Gasteiger partial charge in [-0.25, -0.2) is 14.6 Å². The summed E-state index contributed by atoms with van der Waals surface area (Å²) >= 11 is 1.06. The van der Waals surface area contributed by atoms with Crippen LogP contribution in [0.25, 0.3) is 6.08 Å². The zero-order chi connectivity index (χ0) is 29.1. The number of carbonyl (C=O) groups is 2. The molecule has 0 spiro atoms. The van der Waals surface area contributed by atoms with Crippen molar-refractivity contribution < 1.29 is 38.4 Å². The standard InChI is InChI=1S/C28H28N2O9S/c1-7-39-27(34)21-14(2)29-28-30(23(21)17-10-9-16(35-3)13-19(17)37-5)25(31)20(40-28)12-15-8-11-18(36-4)24(38-6)22(15)26(32)33/h8-13,23H,7H2,1-6H3,(H,32,33)/b20-12-/t23-/m1/s1. The van der Waals surface area contributed by atoms with E-state index >= 15 is 0 Å². The van der Waals surface area contributed by atoms with E-state index in [1.165, 1.54) is 45.1 Å². The van der Waals surface area contributed by atoms with Crippen LogP contribution in [0.2, 0.25) is 0 Å². The van der Waals surface area contributed by atoms with E-state index in [0.717, 1.165) is 11.3 Å². The van der Waals surface area contributed by atoms with Crippen LogP contribution in [-0.4, -0.2) is 56.7 Å². The number of hydrogen-bond donors (Lipinski definition) is 1. The van der Waals surface area contributed by atoms with Gasteiger partial charge in [0.05, 0.1) is 50.8 Å². The first kappa shape index (κ1) is 28.4. The molecular weight excluding hydrogens is 540 g/mol. The fourth-order valence-corrected chi connectivity index (χ4v) is 5.59. The number of esters is 1. The van der Waals surface area contributed by atoms with Crippen LogP contribution in [0.5, 0.6) is 23.0 Å². The van der Waals surface area contributed by atoms with Crippen LogP contribution in [0.3, 0.4) is 0 Å². The molecule has 0 radical (unpaired) electrons. The van der Waals surface area contributed by atoms with Gasteiger partial charge < -0.3 is 28.8 Å². The highest BCUT2D eigenvalue weighted by atomic mass is 32.1. The quantitative estimate of drug-likeness (QED) is 0.386. The third-order valence-corrected chi connectivity index (χ3v) is 7.31. The molecule has 1 aromatic heterocycles. The molecule has 0 unspecified atom stereocenters. The maximum absolute atomic E-state index is 14.0. The Labute approximate surface area is 233 Å². The fraction of sp³-hybridized carbons (Fsp3) is 0.286. The smallest absolute Gasteiger partial charge is 0.340 e. The van der Waals surface area contributed by atoms with E-state index in [-0.39, 0.29) is 39.3 Å². The SMILES string of the molecule is CCOC(=O)C1=C(C)N=c2s/c(=C\c3ccc(OC)c(OC)c3C(=O)O)c(=O)n2[C@@H]1c1ccc(OC)cc1OC. The molecule has 0 saturated carbocycles. The molecule has 1 N–H and O–H groups in total. The highest BCUT2D eigenvalue weighted by Gasteiger charge is 2.35. The summed E-state index contributed by atoms with van der Waals surface area (Å²) in [4.78, 5) is 44.2. The van der Waals surface area contributed by atoms with Crippen molar-refractivity contribution in [3.8, 4) is 23.0 Å². The Kier molecular flexibility index (Phi) is 8.29. The van der Waals surface area contributed by atoms with Gasteiger partial charge in [0.2, 0.25) is 0 Å². The first-order valence-electron chi connectivity index (χ1n) is 12.1. The molecule has 3 aromatic rings. The van der Waals surface area contributed by atoms with E-state index in [4.69, 9.17) is 23.7 Å². The van der Waals surface area contributed by atoms with Crippen molar-refractivity contribution in [1.82, 2.24) is 4.57 Å². The lowest BCUT2D eigenvalue weighted by Crippen LogP contribution is -2.40. The Hall–Kier alpha value is -4.58. The Morgan fingerprint density at radius 1 is 1.05 bits per heavy atom. The number of hydrogen-bond acceptors (Lipinski definition) is 10. The van der Waals surface area contributed by atoms with Gasteiger partial charge in [-0.3, -0.25) is 9.36 Å². The van der Waals surface area contributed by atoms with Crippen molar-refractivity contribution in [3.05, 3.63) is 78.0 Å². The lowest BCUT2D eigenvalue weighted by molar-refractivity contribution is -0.139. The topological polar surface area (TPSA) is 135 Å². The average Bonchev–Trinajstić information content (AvgIpc) is 3.25. The van der Waals surface area contributed by atoms with Gasteiger partial charge in [0.1, 0.15) is 23.1 Å². The fourth-order valence-electron chi connectivity index (χ4n) is 4.55. The number of thiazole rings is 1. The van der Waals surface area contributed by atoms with Crippen molar-refractivity contribution in [1.29, 1.82) is 0 Å². The van der Waals surface area contributed by atoms with Crippen molar-refractivity contribution >= 4 is 29.4 Å². The van der Waals surface area contributed by atoms with Gasteiger partial charge >= 0.3 is 11.9 Å². The lowest BCUT2D eigenvalue weighted by Gasteiger charge is -2.26. The molecule has 0 saturated heterocycles. The van der Waals surface area contributed by atoms with Crippen LogP contribution in [0.15, 0.2) is 51.4 Å². The van der Waals surface area contributed by atoms with Crippen molar-refractivity contribution in [2.24, 2.45) is 4.99 Å². The molecule has 0 amide bonds. The number of carboxylic acids is 1. The third kappa shape index (κ3) is 4.93. The highest BCUT2D eigenvalue weighted by Crippen LogP contribution is 2.38. The zero-order valence-electron chi connectivity index (χ0n) is 22.8. The normalized spacial score (nSPS) is 14.8. The van der Waals surface area contributed by atoms with Gasteiger partial charge in [-0.05, 0) is 43.7 Å². The molecule has 2 aromatic carbocycles. The number of fused-ring (bicyclic) bond motifs is 1. The van der Waals surface area contributed by atoms with E-state index < -0.39 is 23.5 Å². The molecule has 2 heterocycles. The predicted octanol–water partition coefficient (Wildman–Crippen LogP) is 2.53. The molecule has 0 aliphatic carbocycles. The first-order valence-corrected chi connectivity index (χ1v) is 12.9. The molecule has 1 atom stereocenters. The second-order valence-corrected chi connectivity index (χ2v) is 9.49. The van der Waals surface area contributed by atoms with Gasteiger partial charge in [-0.2, -0.15) is 0 Å². The monoisotopic (exact) mass is 568 g/mol. The summed E-state index contributed by atoms with van der Waals surface area (Å²) in [6, 6.07) is 7.24. The van der Waals surface area contributed by atoms with Crippen LogP contribution in [0, 0.1) is 0 Å². The zero-order valence-corrected chi connectivity index (χ0v) is 23.6. The predicted molar refractivity (Wildman–Crippen MR) is 146 cm³/mol. The second-order valence-electron chi connectivity index (χ2n) is 8.48. The van der Waals surface area contributed by atoms with Gasteiger partial charge in [0.15, 0.2) is 16.3 Å². The molecule has 1 aliphatic heterocycles. The number of allylic oxidation sites excluding steroid dienone is 1. The third-order valence-electron chi connectivity index (χ3n) is 6.33. The Morgan fingerprint density at radius 3 is 2.38 bits per heavy atom. The number of ether oxygens (including phenoxy) is 5. The lowest BCUT2D eigenvalue weighted by atomic mass is 9.95. The summed E-state index contributed by atoms with van der Waals surface area (Å²) in [5.41, 5.74) is 0.672. The van der Waals surface area contributed by atoms with Crippen LogP contribution < -0.4 is 33.8 Å². The summed E-state index contributed by atoms with van der Waals surface area (Å²) in [6.45, 7) is 3.49. The highest BCUT2D eigenvalue weighted by molar-refractivity contribution is 7.07. The molecule has 12 heteroatoms. The molecular formula is C28H28N2O9S. The number of nitrogens with zero attached hydrogens (tertiary/aromatic N) is 2. The van der Waals surface area contributed by atoms with Crippen molar-refractivity contribution in [3.63, 3.8) is 0 Å². The molecule has 0 bridgehead atoms. The molecule has 4 rings (SSSR count). The molecule has 210 valence electrons. The van der Waals surface area contributed by atoms with E-state index in [0.29, 0.717) is 27.6 Å².